The van der Waals surface area contributed by atoms with Crippen LogP contribution in [0.15, 0.2) is 12.3 Å². The maximum absolute atomic E-state index is 6.47. The van der Waals surface area contributed by atoms with Crippen LogP contribution in [0.1, 0.15) is 38.8 Å². The largest absolute Gasteiger partial charge is 0.326 e. The highest BCUT2D eigenvalue weighted by molar-refractivity contribution is 5.03. The van der Waals surface area contributed by atoms with Crippen molar-refractivity contribution in [1.29, 1.82) is 0 Å². The van der Waals surface area contributed by atoms with Crippen LogP contribution in [0.4, 0.5) is 0 Å². The Hall–Kier alpha value is -0.870. The van der Waals surface area contributed by atoms with Crippen LogP contribution in [0.2, 0.25) is 0 Å². The molecule has 1 aromatic rings. The number of aromatic nitrogens is 2. The number of hydrogen-bond donors (Lipinski definition) is 1. The zero-order valence-electron chi connectivity index (χ0n) is 12.5. The number of nitrogens with two attached hydrogens (primary N) is 1. The molecular weight excluding hydrogens is 224 g/mol. The van der Waals surface area contributed by atoms with Gasteiger partial charge in [-0.25, -0.2) is 0 Å². The first-order chi connectivity index (χ1) is 8.47. The smallest absolute Gasteiger partial charge is 0.0492 e. The predicted molar refractivity (Wildman–Crippen MR) is 76.5 cm³/mol. The minimum atomic E-state index is 0.110. The molecule has 0 radical (unpaired) electrons. The normalized spacial score (nSPS) is 14.2. The highest BCUT2D eigenvalue weighted by atomic mass is 15.3. The Morgan fingerprint density at radius 2 is 2.00 bits per heavy atom. The number of rotatable bonds is 7. The van der Waals surface area contributed by atoms with Gasteiger partial charge >= 0.3 is 0 Å². The Bertz CT molecular complexity index is 352. The lowest BCUT2D eigenvalue weighted by Crippen LogP contribution is -2.56. The molecule has 0 saturated heterocycles. The van der Waals surface area contributed by atoms with Crippen molar-refractivity contribution in [2.45, 2.75) is 51.1 Å². The minimum absolute atomic E-state index is 0.110. The van der Waals surface area contributed by atoms with E-state index in [1.54, 1.807) is 0 Å². The lowest BCUT2D eigenvalue weighted by atomic mass is 9.81. The van der Waals surface area contributed by atoms with Gasteiger partial charge in [0, 0.05) is 30.5 Å². The molecule has 0 spiro atoms. The molecule has 1 atom stereocenters. The van der Waals surface area contributed by atoms with E-state index >= 15 is 0 Å². The summed E-state index contributed by atoms with van der Waals surface area (Å²) in [5.74, 6) is 0. The van der Waals surface area contributed by atoms with Gasteiger partial charge in [0.25, 0.3) is 0 Å². The van der Waals surface area contributed by atoms with E-state index in [-0.39, 0.29) is 11.6 Å². The van der Waals surface area contributed by atoms with Gasteiger partial charge in [-0.1, -0.05) is 13.8 Å². The third-order valence-electron chi connectivity index (χ3n) is 4.44. The van der Waals surface area contributed by atoms with Crippen LogP contribution in [-0.2, 0) is 13.5 Å². The summed E-state index contributed by atoms with van der Waals surface area (Å²) < 4.78 is 1.93. The fourth-order valence-corrected chi connectivity index (χ4v) is 2.96. The molecular formula is C14H28N4. The lowest BCUT2D eigenvalue weighted by molar-refractivity contribution is 0.102. The van der Waals surface area contributed by atoms with Crippen LogP contribution in [0.5, 0.6) is 0 Å². The Kier molecular flexibility index (Phi) is 5.35. The maximum Gasteiger partial charge on any atom is 0.0492 e. The highest BCUT2D eigenvalue weighted by Gasteiger charge is 2.35. The first-order valence-electron chi connectivity index (χ1n) is 6.87. The third kappa shape index (κ3) is 2.93. The van der Waals surface area contributed by atoms with E-state index < -0.39 is 0 Å². The fraction of sp³-hybridized carbons (Fsp3) is 0.786. The molecule has 0 aromatic carbocycles. The van der Waals surface area contributed by atoms with Gasteiger partial charge in [0.1, 0.15) is 0 Å². The average Bonchev–Trinajstić information content (AvgIpc) is 2.74. The molecule has 104 valence electrons. The zero-order chi connectivity index (χ0) is 13.8. The highest BCUT2D eigenvalue weighted by Crippen LogP contribution is 2.27. The summed E-state index contributed by atoms with van der Waals surface area (Å²) in [6.07, 6.45) is 6.01. The number of aryl methyl sites for hydroxylation is 2. The second-order valence-corrected chi connectivity index (χ2v) is 5.30. The number of hydrogen-bond acceptors (Lipinski definition) is 3. The van der Waals surface area contributed by atoms with Crippen LogP contribution in [0.3, 0.4) is 0 Å². The van der Waals surface area contributed by atoms with Crippen LogP contribution < -0.4 is 5.73 Å². The van der Waals surface area contributed by atoms with E-state index in [1.807, 2.05) is 17.9 Å². The summed E-state index contributed by atoms with van der Waals surface area (Å²) in [4.78, 5) is 2.29. The summed E-state index contributed by atoms with van der Waals surface area (Å²) in [5, 5.41) is 4.20. The maximum atomic E-state index is 6.47. The van der Waals surface area contributed by atoms with Gasteiger partial charge in [-0.2, -0.15) is 5.10 Å². The van der Waals surface area contributed by atoms with Crippen LogP contribution >= 0.6 is 0 Å². The van der Waals surface area contributed by atoms with Crippen molar-refractivity contribution in [3.63, 3.8) is 0 Å². The van der Waals surface area contributed by atoms with Crippen LogP contribution in [-0.4, -0.2) is 40.4 Å². The van der Waals surface area contributed by atoms with Crippen molar-refractivity contribution in [2.24, 2.45) is 12.8 Å². The molecule has 4 nitrogen and oxygen atoms in total. The average molecular weight is 252 g/mol. The van der Waals surface area contributed by atoms with Crippen LogP contribution in [0.25, 0.3) is 0 Å². The molecule has 1 heterocycles. The van der Waals surface area contributed by atoms with Gasteiger partial charge in [-0.3, -0.25) is 4.68 Å². The van der Waals surface area contributed by atoms with E-state index in [9.17, 15) is 0 Å². The Balaban J connectivity index is 2.68. The summed E-state index contributed by atoms with van der Waals surface area (Å²) in [6.45, 7) is 4.46. The summed E-state index contributed by atoms with van der Waals surface area (Å²) >= 11 is 0. The molecule has 1 unspecified atom stereocenters. The van der Waals surface area contributed by atoms with E-state index in [0.29, 0.717) is 0 Å². The molecule has 4 heteroatoms. The van der Waals surface area contributed by atoms with Gasteiger partial charge in [0.15, 0.2) is 0 Å². The van der Waals surface area contributed by atoms with Gasteiger partial charge in [0.2, 0.25) is 0 Å². The first-order valence-corrected chi connectivity index (χ1v) is 6.87. The van der Waals surface area contributed by atoms with Gasteiger partial charge in [-0.15, -0.1) is 0 Å². The standard InChI is InChI=1S/C14H28N4/c1-6-14(7-2,17(3)4)13(15)9-8-12-10-11-16-18(12)5/h10-11,13H,6-9,15H2,1-5H3. The van der Waals surface area contributed by atoms with Crippen molar-refractivity contribution in [1.82, 2.24) is 14.7 Å². The zero-order valence-corrected chi connectivity index (χ0v) is 12.5. The monoisotopic (exact) mass is 252 g/mol. The molecule has 18 heavy (non-hydrogen) atoms. The minimum Gasteiger partial charge on any atom is -0.326 e. The topological polar surface area (TPSA) is 47.1 Å². The Morgan fingerprint density at radius 3 is 2.39 bits per heavy atom. The molecule has 0 amide bonds. The molecule has 0 aliphatic heterocycles. The summed E-state index contributed by atoms with van der Waals surface area (Å²) in [7, 11) is 6.26. The molecule has 2 N–H and O–H groups in total. The predicted octanol–water partition coefficient (Wildman–Crippen LogP) is 1.80. The van der Waals surface area contributed by atoms with Crippen molar-refractivity contribution >= 4 is 0 Å². The quantitative estimate of drug-likeness (QED) is 0.805. The fourth-order valence-electron chi connectivity index (χ4n) is 2.96. The number of nitrogens with zero attached hydrogens (tertiary/aromatic N) is 3. The second kappa shape index (κ2) is 6.34. The van der Waals surface area contributed by atoms with Crippen molar-refractivity contribution in [3.8, 4) is 0 Å². The van der Waals surface area contributed by atoms with E-state index in [4.69, 9.17) is 5.73 Å². The van der Waals surface area contributed by atoms with Gasteiger partial charge < -0.3 is 10.6 Å². The van der Waals surface area contributed by atoms with E-state index in [1.165, 1.54) is 5.69 Å². The Labute approximate surface area is 111 Å². The molecule has 1 aromatic heterocycles. The molecule has 0 fully saturated rings. The van der Waals surface area contributed by atoms with Crippen molar-refractivity contribution in [2.75, 3.05) is 14.1 Å². The van der Waals surface area contributed by atoms with E-state index in [2.05, 4.69) is 44.0 Å². The van der Waals surface area contributed by atoms with Gasteiger partial charge in [0.05, 0.1) is 0 Å². The Morgan fingerprint density at radius 1 is 1.39 bits per heavy atom. The molecule has 0 saturated carbocycles. The second-order valence-electron chi connectivity index (χ2n) is 5.30. The third-order valence-corrected chi connectivity index (χ3v) is 4.44. The number of likely N-dealkylation sites (N-methyl/N-ethyl adjacent to an activating group) is 1. The van der Waals surface area contributed by atoms with Crippen LogP contribution in [0, 0.1) is 0 Å². The van der Waals surface area contributed by atoms with E-state index in [0.717, 1.165) is 25.7 Å². The summed E-state index contributed by atoms with van der Waals surface area (Å²) in [5.41, 5.74) is 7.83. The first kappa shape index (κ1) is 15.2. The summed E-state index contributed by atoms with van der Waals surface area (Å²) in [6, 6.07) is 2.26. The SMILES string of the molecule is CCC(CC)(C(N)CCc1ccnn1C)N(C)C. The molecule has 0 bridgehead atoms. The molecule has 0 aliphatic rings. The van der Waals surface area contributed by atoms with Gasteiger partial charge in [-0.05, 0) is 45.8 Å². The van der Waals surface area contributed by atoms with Crippen molar-refractivity contribution in [3.05, 3.63) is 18.0 Å². The molecule has 0 aliphatic carbocycles. The molecule has 1 rings (SSSR count). The van der Waals surface area contributed by atoms with Crippen molar-refractivity contribution < 1.29 is 0 Å². The lowest BCUT2D eigenvalue weighted by Gasteiger charge is -2.43.